The van der Waals surface area contributed by atoms with Gasteiger partial charge in [0, 0.05) is 53.2 Å². The van der Waals surface area contributed by atoms with Gasteiger partial charge in [0.05, 0.1) is 0 Å². The molecule has 10 aromatic rings. The van der Waals surface area contributed by atoms with Gasteiger partial charge < -0.3 is 4.42 Å². The molecule has 0 spiro atoms. The van der Waals surface area contributed by atoms with Gasteiger partial charge in [0.15, 0.2) is 17.5 Å². The van der Waals surface area contributed by atoms with Gasteiger partial charge in [-0.25, -0.2) is 15.0 Å². The summed E-state index contributed by atoms with van der Waals surface area (Å²) in [5.41, 5.74) is 6.55. The summed E-state index contributed by atoms with van der Waals surface area (Å²) in [6, 6.07) is 52.7. The molecule has 0 aliphatic heterocycles. The van der Waals surface area contributed by atoms with E-state index in [1.165, 1.54) is 30.9 Å². The number of fused-ring (bicyclic) bond motifs is 7. The molecule has 0 fully saturated rings. The Labute approximate surface area is 279 Å². The van der Waals surface area contributed by atoms with Crippen molar-refractivity contribution < 1.29 is 4.42 Å². The molecule has 0 atom stereocenters. The molecule has 0 unspecified atom stereocenters. The molecular weight excluding hydrogens is 607 g/mol. The van der Waals surface area contributed by atoms with Crippen molar-refractivity contribution in [3.8, 4) is 45.3 Å². The number of hydrogen-bond donors (Lipinski definition) is 0. The molecule has 0 bridgehead atoms. The number of hydrogen-bond acceptors (Lipinski definition) is 5. The Kier molecular flexibility index (Phi) is 6.01. The number of furan rings is 1. The van der Waals surface area contributed by atoms with E-state index in [2.05, 4.69) is 78.9 Å². The number of benzene rings is 7. The van der Waals surface area contributed by atoms with Crippen LogP contribution in [0.4, 0.5) is 0 Å². The average molecular weight is 632 g/mol. The Morgan fingerprint density at radius 1 is 0.417 bits per heavy atom. The number of rotatable bonds is 4. The van der Waals surface area contributed by atoms with Crippen molar-refractivity contribution >= 4 is 64.2 Å². The van der Waals surface area contributed by atoms with Gasteiger partial charge >= 0.3 is 0 Å². The highest BCUT2D eigenvalue weighted by atomic mass is 32.1. The standard InChI is InChI=1S/C43H25N3OS/c1-3-11-26(12-4-1)41-44-42(27-13-5-2-6-14-27)46-43(45-41)34-22-21-31(40-39(34)33-16-7-9-17-36(33)47-40)29-20-19-28-25-38-35(24-30(28)23-29)32-15-8-10-18-37(32)48-38/h1-25H. The SMILES string of the molecule is c1ccc(-c2nc(-c3ccccc3)nc(-c3ccc(-c4ccc5cc6sc7ccccc7c6cc5c4)c4oc5ccccc5c34)n2)cc1. The van der Waals surface area contributed by atoms with E-state index >= 15 is 0 Å². The normalized spacial score (nSPS) is 11.8. The number of thiophene rings is 1. The summed E-state index contributed by atoms with van der Waals surface area (Å²) in [6.07, 6.45) is 0. The Balaban J connectivity index is 1.21. The third-order valence-electron chi connectivity index (χ3n) is 9.11. The highest BCUT2D eigenvalue weighted by molar-refractivity contribution is 7.25. The minimum atomic E-state index is 0.607. The Morgan fingerprint density at radius 3 is 1.83 bits per heavy atom. The van der Waals surface area contributed by atoms with Gasteiger partial charge in [0.25, 0.3) is 0 Å². The maximum absolute atomic E-state index is 6.69. The first-order valence-electron chi connectivity index (χ1n) is 15.9. The summed E-state index contributed by atoms with van der Waals surface area (Å²) in [5.74, 6) is 1.87. The monoisotopic (exact) mass is 631 g/mol. The number of aromatic nitrogens is 3. The molecule has 48 heavy (non-hydrogen) atoms. The van der Waals surface area contributed by atoms with E-state index in [1.807, 2.05) is 84.1 Å². The lowest BCUT2D eigenvalue weighted by Gasteiger charge is -2.11. The van der Waals surface area contributed by atoms with Crippen molar-refractivity contribution in [2.45, 2.75) is 0 Å². The van der Waals surface area contributed by atoms with E-state index < -0.39 is 0 Å². The second-order valence-electron chi connectivity index (χ2n) is 12.0. The minimum Gasteiger partial charge on any atom is -0.455 e. The van der Waals surface area contributed by atoms with Gasteiger partial charge in [-0.2, -0.15) is 0 Å². The molecule has 7 aromatic carbocycles. The molecule has 0 aliphatic carbocycles. The van der Waals surface area contributed by atoms with Gasteiger partial charge in [0.1, 0.15) is 11.2 Å². The van der Waals surface area contributed by atoms with Crippen LogP contribution in [-0.2, 0) is 0 Å². The van der Waals surface area contributed by atoms with Crippen LogP contribution in [0.5, 0.6) is 0 Å². The van der Waals surface area contributed by atoms with Crippen LogP contribution in [0.15, 0.2) is 156 Å². The molecule has 0 N–H and O–H groups in total. The van der Waals surface area contributed by atoms with E-state index in [0.29, 0.717) is 17.5 Å². The van der Waals surface area contributed by atoms with E-state index in [9.17, 15) is 0 Å². The van der Waals surface area contributed by atoms with Crippen molar-refractivity contribution in [2.24, 2.45) is 0 Å². The molecule has 5 heteroatoms. The molecule has 3 heterocycles. The van der Waals surface area contributed by atoms with Crippen molar-refractivity contribution in [3.05, 3.63) is 152 Å². The first kappa shape index (κ1) is 27.0. The van der Waals surface area contributed by atoms with Crippen LogP contribution in [0.1, 0.15) is 0 Å². The molecule has 0 amide bonds. The first-order valence-corrected chi connectivity index (χ1v) is 16.8. The molecule has 0 radical (unpaired) electrons. The fraction of sp³-hybridized carbons (Fsp3) is 0. The Morgan fingerprint density at radius 2 is 1.06 bits per heavy atom. The van der Waals surface area contributed by atoms with Crippen LogP contribution in [0.2, 0.25) is 0 Å². The Bertz CT molecular complexity index is 2780. The van der Waals surface area contributed by atoms with Crippen molar-refractivity contribution in [1.29, 1.82) is 0 Å². The highest BCUT2D eigenvalue weighted by Gasteiger charge is 2.21. The molecule has 0 aliphatic rings. The summed E-state index contributed by atoms with van der Waals surface area (Å²) in [6.45, 7) is 0. The van der Waals surface area contributed by atoms with Crippen LogP contribution in [0, 0.1) is 0 Å². The number of nitrogens with zero attached hydrogens (tertiary/aromatic N) is 3. The summed E-state index contributed by atoms with van der Waals surface area (Å²) < 4.78 is 9.31. The largest absolute Gasteiger partial charge is 0.455 e. The first-order chi connectivity index (χ1) is 23.8. The van der Waals surface area contributed by atoms with Gasteiger partial charge in [-0.05, 0) is 58.8 Å². The zero-order chi connectivity index (χ0) is 31.6. The van der Waals surface area contributed by atoms with Crippen LogP contribution < -0.4 is 0 Å². The van der Waals surface area contributed by atoms with Crippen LogP contribution in [-0.4, -0.2) is 15.0 Å². The van der Waals surface area contributed by atoms with Crippen molar-refractivity contribution in [3.63, 3.8) is 0 Å². The van der Waals surface area contributed by atoms with Crippen LogP contribution in [0.25, 0.3) is 98.2 Å². The fourth-order valence-corrected chi connectivity index (χ4v) is 7.94. The van der Waals surface area contributed by atoms with Gasteiger partial charge in [-0.3, -0.25) is 0 Å². The lowest BCUT2D eigenvalue weighted by molar-refractivity contribution is 0.670. The van der Waals surface area contributed by atoms with E-state index in [1.54, 1.807) is 0 Å². The molecule has 4 nitrogen and oxygen atoms in total. The highest BCUT2D eigenvalue weighted by Crippen LogP contribution is 2.43. The van der Waals surface area contributed by atoms with Crippen molar-refractivity contribution in [1.82, 2.24) is 15.0 Å². The van der Waals surface area contributed by atoms with Crippen LogP contribution in [0.3, 0.4) is 0 Å². The molecular formula is C43H25N3OS. The topological polar surface area (TPSA) is 51.8 Å². The molecule has 0 saturated heterocycles. The van der Waals surface area contributed by atoms with Gasteiger partial charge in [-0.15, -0.1) is 11.3 Å². The maximum Gasteiger partial charge on any atom is 0.164 e. The summed E-state index contributed by atoms with van der Waals surface area (Å²) in [5, 5.41) is 7.04. The lowest BCUT2D eigenvalue weighted by atomic mass is 9.96. The predicted molar refractivity (Wildman–Crippen MR) is 199 cm³/mol. The average Bonchev–Trinajstić information content (AvgIpc) is 3.72. The van der Waals surface area contributed by atoms with E-state index in [4.69, 9.17) is 19.4 Å². The molecule has 3 aromatic heterocycles. The molecule has 0 saturated carbocycles. The Hall–Kier alpha value is -6.17. The second kappa shape index (κ2) is 10.7. The molecule has 224 valence electrons. The maximum atomic E-state index is 6.69. The zero-order valence-electron chi connectivity index (χ0n) is 25.6. The summed E-state index contributed by atoms with van der Waals surface area (Å²) >= 11 is 1.85. The van der Waals surface area contributed by atoms with Gasteiger partial charge in [-0.1, -0.05) is 109 Å². The second-order valence-corrected chi connectivity index (χ2v) is 13.1. The quantitative estimate of drug-likeness (QED) is 0.194. The van der Waals surface area contributed by atoms with Gasteiger partial charge in [0.2, 0.25) is 0 Å². The summed E-state index contributed by atoms with van der Waals surface area (Å²) in [7, 11) is 0. The van der Waals surface area contributed by atoms with E-state index in [-0.39, 0.29) is 0 Å². The smallest absolute Gasteiger partial charge is 0.164 e. The van der Waals surface area contributed by atoms with E-state index in [0.717, 1.165) is 49.8 Å². The number of para-hydroxylation sites is 1. The lowest BCUT2D eigenvalue weighted by Crippen LogP contribution is -2.00. The minimum absolute atomic E-state index is 0.607. The third-order valence-corrected chi connectivity index (χ3v) is 10.2. The zero-order valence-corrected chi connectivity index (χ0v) is 26.4. The fourth-order valence-electron chi connectivity index (χ4n) is 6.81. The molecule has 10 rings (SSSR count). The predicted octanol–water partition coefficient (Wildman–Crippen LogP) is 12.0. The summed E-state index contributed by atoms with van der Waals surface area (Å²) in [4.78, 5) is 15.0. The van der Waals surface area contributed by atoms with Crippen LogP contribution >= 0.6 is 11.3 Å². The van der Waals surface area contributed by atoms with Crippen molar-refractivity contribution in [2.75, 3.05) is 0 Å². The third kappa shape index (κ3) is 4.33.